The molecule has 3 heteroatoms. The van der Waals surface area contributed by atoms with E-state index in [1.807, 2.05) is 0 Å². The van der Waals surface area contributed by atoms with Crippen molar-refractivity contribution >= 4 is 25.4 Å². The molecule has 0 radical (unpaired) electrons. The van der Waals surface area contributed by atoms with E-state index in [2.05, 4.69) is 47.7 Å². The lowest BCUT2D eigenvalue weighted by Gasteiger charge is -2.50. The molecule has 2 bridgehead atoms. The summed E-state index contributed by atoms with van der Waals surface area (Å²) in [6, 6.07) is 0. The second-order valence-corrected chi connectivity index (χ2v) is 18.6. The Kier molecular flexibility index (Phi) is 5.74. The van der Waals surface area contributed by atoms with E-state index in [4.69, 9.17) is 16.6 Å². The Morgan fingerprint density at radius 3 is 2.31 bits per heavy atom. The fraction of sp³-hybridized carbons (Fsp3) is 0.962. The summed E-state index contributed by atoms with van der Waals surface area (Å²) in [5.41, 5.74) is 0.498. The summed E-state index contributed by atoms with van der Waals surface area (Å²) in [6.45, 7) is 17.0. The maximum Gasteiger partial charge on any atom is 0.192 e. The van der Waals surface area contributed by atoms with Crippen molar-refractivity contribution in [1.82, 2.24) is 0 Å². The Labute approximate surface area is 187 Å². The molecule has 0 heterocycles. The van der Waals surface area contributed by atoms with Crippen LogP contribution in [0.3, 0.4) is 0 Å². The monoisotopic (exact) mass is 434 g/mol. The minimum absolute atomic E-state index is 0.113. The van der Waals surface area contributed by atoms with Crippen molar-refractivity contribution in [1.29, 1.82) is 0 Å². The lowest BCUT2D eigenvalue weighted by Crippen LogP contribution is -2.51. The molecular weight excluding hydrogens is 388 g/mol. The zero-order chi connectivity index (χ0) is 21.2. The molecule has 4 fully saturated rings. The van der Waals surface area contributed by atoms with E-state index in [-0.39, 0.29) is 5.60 Å². The SMILES string of the molecule is CC(C)(C)[Si](C)(C)O[C@]1(C)CC[C@H]2[C@H](CC[C@@H]3C[C@@H]2CC[C@]2(C)C(=S)CC[C@@H]32)C1. The topological polar surface area (TPSA) is 9.23 Å². The molecule has 0 aromatic carbocycles. The Hall–Kier alpha value is 0.267. The molecule has 4 rings (SSSR count). The summed E-state index contributed by atoms with van der Waals surface area (Å²) in [7, 11) is -1.72. The van der Waals surface area contributed by atoms with E-state index in [0.29, 0.717) is 10.5 Å². The first-order valence-electron chi connectivity index (χ1n) is 12.6. The van der Waals surface area contributed by atoms with Crippen molar-refractivity contribution < 1.29 is 4.43 Å². The van der Waals surface area contributed by atoms with Crippen LogP contribution in [0.1, 0.15) is 98.8 Å². The third kappa shape index (κ3) is 3.95. The van der Waals surface area contributed by atoms with Gasteiger partial charge < -0.3 is 4.43 Å². The largest absolute Gasteiger partial charge is 0.412 e. The minimum Gasteiger partial charge on any atom is -0.412 e. The van der Waals surface area contributed by atoms with Crippen molar-refractivity contribution in [3.63, 3.8) is 0 Å². The third-order valence-electron chi connectivity index (χ3n) is 10.5. The number of hydrogen-bond acceptors (Lipinski definition) is 2. The Morgan fingerprint density at radius 2 is 1.62 bits per heavy atom. The Morgan fingerprint density at radius 1 is 0.931 bits per heavy atom. The average molecular weight is 435 g/mol. The first kappa shape index (κ1) is 22.5. The molecule has 0 aliphatic heterocycles. The van der Waals surface area contributed by atoms with E-state index in [1.165, 1.54) is 69.1 Å². The molecule has 0 saturated heterocycles. The lowest BCUT2D eigenvalue weighted by molar-refractivity contribution is -0.0230. The van der Waals surface area contributed by atoms with Gasteiger partial charge in [-0.25, -0.2) is 0 Å². The molecule has 4 aliphatic carbocycles. The standard InChI is InChI=1S/C26H46OSSi/c1-24(2,3)29(6,7)27-25(4)14-13-21-18-12-15-26(5)22(10-11-23(26)28)19(16-18)8-9-20(21)17-25/h18-22H,8-17H2,1-7H3/t18-,19+,20+,21+,22-,25+,26-/m0/s1. The van der Waals surface area contributed by atoms with Crippen molar-refractivity contribution in [2.75, 3.05) is 0 Å². The Bertz CT molecular complexity index is 652. The van der Waals surface area contributed by atoms with Crippen LogP contribution in [0.25, 0.3) is 0 Å². The highest BCUT2D eigenvalue weighted by atomic mass is 32.1. The summed E-state index contributed by atoms with van der Waals surface area (Å²) >= 11 is 5.90. The molecule has 0 unspecified atom stereocenters. The molecule has 0 spiro atoms. The van der Waals surface area contributed by atoms with Gasteiger partial charge in [0.2, 0.25) is 0 Å². The van der Waals surface area contributed by atoms with Gasteiger partial charge in [-0.1, -0.05) is 39.9 Å². The van der Waals surface area contributed by atoms with E-state index in [9.17, 15) is 0 Å². The summed E-state index contributed by atoms with van der Waals surface area (Å²) in [6.07, 6.45) is 13.8. The zero-order valence-electron chi connectivity index (χ0n) is 20.3. The van der Waals surface area contributed by atoms with Gasteiger partial charge in [-0.15, -0.1) is 0 Å². The van der Waals surface area contributed by atoms with Crippen molar-refractivity contribution in [2.24, 2.45) is 35.0 Å². The van der Waals surface area contributed by atoms with Crippen LogP contribution >= 0.6 is 12.2 Å². The van der Waals surface area contributed by atoms with Gasteiger partial charge in [0, 0.05) is 5.41 Å². The maximum absolute atomic E-state index is 7.08. The van der Waals surface area contributed by atoms with Crippen LogP contribution < -0.4 is 0 Å². The number of thiocarbonyl (C=S) groups is 1. The van der Waals surface area contributed by atoms with E-state index < -0.39 is 8.32 Å². The second kappa shape index (κ2) is 7.41. The van der Waals surface area contributed by atoms with Crippen molar-refractivity contribution in [3.05, 3.63) is 0 Å². The summed E-state index contributed by atoms with van der Waals surface area (Å²) in [4.78, 5) is 1.42. The van der Waals surface area contributed by atoms with E-state index in [0.717, 1.165) is 29.6 Å². The fourth-order valence-corrected chi connectivity index (χ4v) is 9.88. The molecule has 166 valence electrons. The van der Waals surface area contributed by atoms with Gasteiger partial charge in [0.05, 0.1) is 5.60 Å². The van der Waals surface area contributed by atoms with Crippen LogP contribution in [0.2, 0.25) is 18.1 Å². The maximum atomic E-state index is 7.08. The molecule has 0 aromatic rings. The first-order chi connectivity index (χ1) is 13.3. The summed E-state index contributed by atoms with van der Waals surface area (Å²) in [5, 5.41) is 0.302. The van der Waals surface area contributed by atoms with Gasteiger partial charge in [-0.2, -0.15) is 0 Å². The molecule has 7 atom stereocenters. The molecule has 0 aromatic heterocycles. The van der Waals surface area contributed by atoms with Gasteiger partial charge >= 0.3 is 0 Å². The predicted octanol–water partition coefficient (Wildman–Crippen LogP) is 8.18. The summed E-state index contributed by atoms with van der Waals surface area (Å²) in [5.74, 6) is 4.62. The molecule has 1 nitrogen and oxygen atoms in total. The second-order valence-electron chi connectivity index (χ2n) is 13.3. The van der Waals surface area contributed by atoms with Crippen LogP contribution in [0, 0.1) is 35.0 Å². The molecule has 0 amide bonds. The molecular formula is C26H46OSSi. The molecule has 0 N–H and O–H groups in total. The fourth-order valence-electron chi connectivity index (χ4n) is 7.78. The van der Waals surface area contributed by atoms with Gasteiger partial charge in [0.1, 0.15) is 0 Å². The average Bonchev–Trinajstić information content (AvgIpc) is 2.74. The first-order valence-corrected chi connectivity index (χ1v) is 15.9. The lowest BCUT2D eigenvalue weighted by atomic mass is 9.65. The molecule has 29 heavy (non-hydrogen) atoms. The number of fused-ring (bicyclic) bond motifs is 6. The van der Waals surface area contributed by atoms with Crippen LogP contribution in [0.4, 0.5) is 0 Å². The molecule has 4 saturated carbocycles. The van der Waals surface area contributed by atoms with Crippen LogP contribution in [0.5, 0.6) is 0 Å². The molecule has 4 aliphatic rings. The van der Waals surface area contributed by atoms with Crippen molar-refractivity contribution in [3.8, 4) is 0 Å². The smallest absolute Gasteiger partial charge is 0.192 e. The van der Waals surface area contributed by atoms with Crippen LogP contribution in [-0.4, -0.2) is 18.8 Å². The number of hydrogen-bond donors (Lipinski definition) is 0. The van der Waals surface area contributed by atoms with Gasteiger partial charge in [-0.05, 0) is 124 Å². The van der Waals surface area contributed by atoms with Gasteiger partial charge in [0.15, 0.2) is 8.32 Å². The van der Waals surface area contributed by atoms with E-state index >= 15 is 0 Å². The highest BCUT2D eigenvalue weighted by Gasteiger charge is 2.53. The van der Waals surface area contributed by atoms with Crippen LogP contribution in [0.15, 0.2) is 0 Å². The highest BCUT2D eigenvalue weighted by Crippen LogP contribution is 2.59. The third-order valence-corrected chi connectivity index (χ3v) is 15.8. The van der Waals surface area contributed by atoms with Gasteiger partial charge in [0.25, 0.3) is 0 Å². The van der Waals surface area contributed by atoms with E-state index in [1.54, 1.807) is 0 Å². The van der Waals surface area contributed by atoms with Gasteiger partial charge in [-0.3, -0.25) is 0 Å². The van der Waals surface area contributed by atoms with Crippen molar-refractivity contribution in [2.45, 2.75) is 123 Å². The highest BCUT2D eigenvalue weighted by molar-refractivity contribution is 7.80. The summed E-state index contributed by atoms with van der Waals surface area (Å²) < 4.78 is 7.08. The Balaban J connectivity index is 1.51. The quantitative estimate of drug-likeness (QED) is 0.320. The predicted molar refractivity (Wildman–Crippen MR) is 131 cm³/mol. The van der Waals surface area contributed by atoms with Crippen LogP contribution in [-0.2, 0) is 4.43 Å². The minimum atomic E-state index is -1.72. The zero-order valence-corrected chi connectivity index (χ0v) is 22.1. The number of rotatable bonds is 2. The normalized spacial score (nSPS) is 45.9.